The van der Waals surface area contributed by atoms with Crippen LogP contribution >= 0.6 is 11.6 Å². The summed E-state index contributed by atoms with van der Waals surface area (Å²) in [5.41, 5.74) is 0.690. The van der Waals surface area contributed by atoms with Gasteiger partial charge >= 0.3 is 0 Å². The van der Waals surface area contributed by atoms with Crippen LogP contribution < -0.4 is 5.32 Å². The molecule has 1 amide bonds. The third-order valence-corrected chi connectivity index (χ3v) is 2.94. The Bertz CT molecular complexity index is 551. The van der Waals surface area contributed by atoms with Crippen LogP contribution in [0.3, 0.4) is 0 Å². The van der Waals surface area contributed by atoms with E-state index in [1.165, 1.54) is 0 Å². The Morgan fingerprint density at radius 1 is 1.11 bits per heavy atom. The maximum Gasteiger partial charge on any atom is 0.251 e. The highest BCUT2D eigenvalue weighted by Crippen LogP contribution is 2.18. The molecule has 0 aliphatic heterocycles. The molecule has 0 spiro atoms. The molecule has 0 aliphatic rings. The van der Waals surface area contributed by atoms with Gasteiger partial charge in [0.2, 0.25) is 0 Å². The van der Waals surface area contributed by atoms with Gasteiger partial charge in [-0.1, -0.05) is 36.4 Å². The third-order valence-electron chi connectivity index (χ3n) is 2.79. The van der Waals surface area contributed by atoms with Crippen molar-refractivity contribution in [1.29, 1.82) is 0 Å². The Balaban J connectivity index is 2.01. The summed E-state index contributed by atoms with van der Waals surface area (Å²) in [6, 6.07) is 13.6. The highest BCUT2D eigenvalue weighted by molar-refractivity contribution is 6.17. The number of hydrogen-bond acceptors (Lipinski definition) is 2. The van der Waals surface area contributed by atoms with Crippen LogP contribution in [0.1, 0.15) is 10.4 Å². The van der Waals surface area contributed by atoms with Gasteiger partial charge in [-0.05, 0) is 16.8 Å². The lowest BCUT2D eigenvalue weighted by molar-refractivity contribution is 0.0925. The molecular weight excluding hydrogens is 262 g/mol. The normalized spacial score (nSPS) is 10.6. The van der Waals surface area contributed by atoms with Crippen LogP contribution in [0.15, 0.2) is 42.5 Å². The van der Waals surface area contributed by atoms with E-state index in [4.69, 9.17) is 16.3 Å². The van der Waals surface area contributed by atoms with E-state index in [9.17, 15) is 4.79 Å². The van der Waals surface area contributed by atoms with E-state index >= 15 is 0 Å². The topological polar surface area (TPSA) is 38.3 Å². The zero-order chi connectivity index (χ0) is 13.5. The van der Waals surface area contributed by atoms with Crippen molar-refractivity contribution in [2.24, 2.45) is 0 Å². The third kappa shape index (κ3) is 3.69. The van der Waals surface area contributed by atoms with E-state index in [0.29, 0.717) is 31.2 Å². The fourth-order valence-electron chi connectivity index (χ4n) is 1.91. The highest BCUT2D eigenvalue weighted by atomic mass is 35.5. The van der Waals surface area contributed by atoms with Crippen LogP contribution in [0.4, 0.5) is 0 Å². The van der Waals surface area contributed by atoms with Crippen molar-refractivity contribution in [2.75, 3.05) is 25.6 Å². The minimum atomic E-state index is -0.0775. The molecule has 2 aromatic rings. The molecule has 1 N–H and O–H groups in total. The number of ether oxygens (including phenoxy) is 1. The first-order chi connectivity index (χ1) is 9.33. The summed E-state index contributed by atoms with van der Waals surface area (Å²) in [5.74, 6) is 0.392. The molecule has 2 rings (SSSR count). The van der Waals surface area contributed by atoms with Crippen LogP contribution in [-0.4, -0.2) is 31.5 Å². The Morgan fingerprint density at radius 2 is 1.89 bits per heavy atom. The van der Waals surface area contributed by atoms with Crippen molar-refractivity contribution in [1.82, 2.24) is 5.32 Å². The maximum absolute atomic E-state index is 12.1. The first-order valence-corrected chi connectivity index (χ1v) is 6.76. The van der Waals surface area contributed by atoms with Crippen LogP contribution in [0.2, 0.25) is 0 Å². The Kier molecular flexibility index (Phi) is 5.19. The van der Waals surface area contributed by atoms with Crippen molar-refractivity contribution >= 4 is 28.3 Å². The van der Waals surface area contributed by atoms with Crippen molar-refractivity contribution in [2.45, 2.75) is 0 Å². The minimum Gasteiger partial charge on any atom is -0.378 e. The predicted octanol–water partition coefficient (Wildman–Crippen LogP) is 2.83. The molecule has 0 fully saturated rings. The molecule has 0 aliphatic carbocycles. The first-order valence-electron chi connectivity index (χ1n) is 6.22. The van der Waals surface area contributed by atoms with Crippen LogP contribution in [0, 0.1) is 0 Å². The summed E-state index contributed by atoms with van der Waals surface area (Å²) in [4.78, 5) is 12.1. The SMILES string of the molecule is O=C(NCCOCCCl)c1cccc2ccccc12. The molecule has 3 nitrogen and oxygen atoms in total. The molecule has 0 saturated carbocycles. The lowest BCUT2D eigenvalue weighted by Gasteiger charge is -2.08. The second kappa shape index (κ2) is 7.12. The lowest BCUT2D eigenvalue weighted by Crippen LogP contribution is -2.27. The monoisotopic (exact) mass is 277 g/mol. The zero-order valence-electron chi connectivity index (χ0n) is 10.6. The van der Waals surface area contributed by atoms with Crippen LogP contribution in [0.5, 0.6) is 0 Å². The molecule has 0 saturated heterocycles. The number of hydrogen-bond donors (Lipinski definition) is 1. The van der Waals surface area contributed by atoms with E-state index in [-0.39, 0.29) is 5.91 Å². The fraction of sp³-hybridized carbons (Fsp3) is 0.267. The second-order valence-corrected chi connectivity index (χ2v) is 4.46. The number of nitrogens with one attached hydrogen (secondary N) is 1. The molecule has 0 atom stereocenters. The number of alkyl halides is 1. The van der Waals surface area contributed by atoms with Crippen LogP contribution in [0.25, 0.3) is 10.8 Å². The van der Waals surface area contributed by atoms with Gasteiger partial charge in [0.25, 0.3) is 5.91 Å². The quantitative estimate of drug-likeness (QED) is 0.651. The Hall–Kier alpha value is -1.58. The summed E-state index contributed by atoms with van der Waals surface area (Å²) in [7, 11) is 0. The number of carbonyl (C=O) groups excluding carboxylic acids is 1. The first kappa shape index (κ1) is 13.8. The average molecular weight is 278 g/mol. The standard InChI is InChI=1S/C15H16ClNO2/c16-8-10-19-11-9-17-15(18)14-7-3-5-12-4-1-2-6-13(12)14/h1-7H,8-11H2,(H,17,18). The van der Waals surface area contributed by atoms with Gasteiger partial charge in [-0.15, -0.1) is 11.6 Å². The van der Waals surface area contributed by atoms with E-state index in [1.807, 2.05) is 42.5 Å². The number of fused-ring (bicyclic) bond motifs is 1. The van der Waals surface area contributed by atoms with Gasteiger partial charge < -0.3 is 10.1 Å². The molecule has 0 bridgehead atoms. The van der Waals surface area contributed by atoms with Crippen LogP contribution in [-0.2, 0) is 4.74 Å². The van der Waals surface area contributed by atoms with Gasteiger partial charge in [0.1, 0.15) is 0 Å². The van der Waals surface area contributed by atoms with Crippen molar-refractivity contribution < 1.29 is 9.53 Å². The van der Waals surface area contributed by atoms with E-state index in [2.05, 4.69) is 5.32 Å². The molecule has 2 aromatic carbocycles. The summed E-state index contributed by atoms with van der Waals surface area (Å²) >= 11 is 5.49. The number of halogens is 1. The zero-order valence-corrected chi connectivity index (χ0v) is 11.3. The molecule has 0 heterocycles. The molecule has 4 heteroatoms. The minimum absolute atomic E-state index is 0.0775. The summed E-state index contributed by atoms with van der Waals surface area (Å²) < 4.78 is 5.21. The van der Waals surface area contributed by atoms with Gasteiger partial charge in [0, 0.05) is 18.0 Å². The summed E-state index contributed by atoms with van der Waals surface area (Å²) in [6.45, 7) is 1.47. The predicted molar refractivity (Wildman–Crippen MR) is 77.8 cm³/mol. The van der Waals surface area contributed by atoms with Gasteiger partial charge in [-0.25, -0.2) is 0 Å². The number of benzene rings is 2. The van der Waals surface area contributed by atoms with Crippen molar-refractivity contribution in [3.05, 3.63) is 48.0 Å². The van der Waals surface area contributed by atoms with E-state index < -0.39 is 0 Å². The van der Waals surface area contributed by atoms with Crippen molar-refractivity contribution in [3.8, 4) is 0 Å². The highest BCUT2D eigenvalue weighted by Gasteiger charge is 2.08. The Morgan fingerprint density at radius 3 is 2.74 bits per heavy atom. The number of carbonyl (C=O) groups is 1. The van der Waals surface area contributed by atoms with E-state index in [0.717, 1.165) is 10.8 Å². The maximum atomic E-state index is 12.1. The molecule has 0 radical (unpaired) electrons. The lowest BCUT2D eigenvalue weighted by atomic mass is 10.0. The van der Waals surface area contributed by atoms with E-state index in [1.54, 1.807) is 0 Å². The van der Waals surface area contributed by atoms with Gasteiger partial charge in [0.15, 0.2) is 0 Å². The largest absolute Gasteiger partial charge is 0.378 e. The molecule has 19 heavy (non-hydrogen) atoms. The average Bonchev–Trinajstić information content (AvgIpc) is 2.46. The Labute approximate surface area is 117 Å². The number of rotatable bonds is 6. The molecular formula is C15H16ClNO2. The molecule has 0 unspecified atom stereocenters. The summed E-state index contributed by atoms with van der Waals surface area (Å²) in [6.07, 6.45) is 0. The second-order valence-electron chi connectivity index (χ2n) is 4.08. The fourth-order valence-corrected chi connectivity index (χ4v) is 2.02. The summed E-state index contributed by atoms with van der Waals surface area (Å²) in [5, 5.41) is 4.87. The molecule has 0 aromatic heterocycles. The van der Waals surface area contributed by atoms with Crippen molar-refractivity contribution in [3.63, 3.8) is 0 Å². The van der Waals surface area contributed by atoms with Gasteiger partial charge in [0.05, 0.1) is 13.2 Å². The van der Waals surface area contributed by atoms with Gasteiger partial charge in [-0.3, -0.25) is 4.79 Å². The van der Waals surface area contributed by atoms with Gasteiger partial charge in [-0.2, -0.15) is 0 Å². The number of amides is 1. The smallest absolute Gasteiger partial charge is 0.251 e. The molecule has 100 valence electrons.